The maximum Gasteiger partial charge on any atom is 0.340 e. The molecule has 0 bridgehead atoms. The average Bonchev–Trinajstić information content (AvgIpc) is 2.78. The van der Waals surface area contributed by atoms with Crippen molar-refractivity contribution in [1.29, 1.82) is 0 Å². The summed E-state index contributed by atoms with van der Waals surface area (Å²) < 4.78 is 9.97. The molecule has 0 N–H and O–H groups in total. The Morgan fingerprint density at radius 2 is 1.68 bits per heavy atom. The van der Waals surface area contributed by atoms with Crippen molar-refractivity contribution in [2.45, 2.75) is 0 Å². The highest BCUT2D eigenvalue weighted by molar-refractivity contribution is 5.99. The molecule has 0 spiro atoms. The van der Waals surface area contributed by atoms with E-state index in [4.69, 9.17) is 9.47 Å². The van der Waals surface area contributed by atoms with Gasteiger partial charge in [-0.15, -0.1) is 0 Å². The van der Waals surface area contributed by atoms with Gasteiger partial charge in [-0.2, -0.15) is 0 Å². The Kier molecular flexibility index (Phi) is 6.97. The van der Waals surface area contributed by atoms with Crippen LogP contribution in [0.2, 0.25) is 0 Å². The zero-order valence-corrected chi connectivity index (χ0v) is 17.0. The molecule has 0 atom stereocenters. The highest BCUT2D eigenvalue weighted by Gasteiger charge is 2.33. The molecule has 0 saturated carbocycles. The fraction of sp³-hybridized carbons (Fsp3) is 0.556. The van der Waals surface area contributed by atoms with Crippen LogP contribution in [0.4, 0.5) is 17.1 Å². The van der Waals surface area contributed by atoms with Crippen LogP contribution in [0.1, 0.15) is 10.4 Å². The van der Waals surface area contributed by atoms with Gasteiger partial charge in [0.15, 0.2) is 0 Å². The highest BCUT2D eigenvalue weighted by Crippen LogP contribution is 2.37. The summed E-state index contributed by atoms with van der Waals surface area (Å²) in [6.45, 7) is 3.88. The molecule has 1 aromatic rings. The molecule has 0 unspecified atom stereocenters. The Bertz CT molecular complexity index is 878. The molecule has 2 aliphatic heterocycles. The normalized spacial score (nSPS) is 17.3. The number of carbonyl (C=O) groups excluding carboxylic acids is 2. The van der Waals surface area contributed by atoms with Gasteiger partial charge in [-0.3, -0.25) is 29.9 Å². The first-order chi connectivity index (χ1) is 14.8. The van der Waals surface area contributed by atoms with E-state index in [0.29, 0.717) is 39.4 Å². The smallest absolute Gasteiger partial charge is 0.340 e. The molecular weight excluding hydrogens is 414 g/mol. The maximum absolute atomic E-state index is 12.6. The van der Waals surface area contributed by atoms with Gasteiger partial charge < -0.3 is 19.3 Å². The van der Waals surface area contributed by atoms with Crippen LogP contribution >= 0.6 is 0 Å². The van der Waals surface area contributed by atoms with Crippen molar-refractivity contribution in [3.63, 3.8) is 0 Å². The van der Waals surface area contributed by atoms with Gasteiger partial charge in [0.2, 0.25) is 5.91 Å². The van der Waals surface area contributed by atoms with Crippen LogP contribution in [0.15, 0.2) is 12.1 Å². The molecule has 2 aliphatic rings. The Morgan fingerprint density at radius 1 is 1.03 bits per heavy atom. The van der Waals surface area contributed by atoms with Crippen molar-refractivity contribution in [3.05, 3.63) is 37.9 Å². The third kappa shape index (κ3) is 5.06. The van der Waals surface area contributed by atoms with Gasteiger partial charge in [-0.05, 0) is 0 Å². The van der Waals surface area contributed by atoms with Crippen molar-refractivity contribution in [2.75, 3.05) is 71.0 Å². The standard InChI is InChI=1S/C18H23N5O8/c1-30-18(25)14-10-13(22(26)27)11-15(23(28)29)17(14)21-4-2-20(3-5-21)16(24)12-19-6-8-31-9-7-19/h10-11H,2-9,12H2,1H3. The van der Waals surface area contributed by atoms with E-state index in [0.717, 1.165) is 19.2 Å². The van der Waals surface area contributed by atoms with Crippen LogP contribution in [0.25, 0.3) is 0 Å². The van der Waals surface area contributed by atoms with Crippen molar-refractivity contribution in [3.8, 4) is 0 Å². The van der Waals surface area contributed by atoms with E-state index >= 15 is 0 Å². The number of anilines is 1. The summed E-state index contributed by atoms with van der Waals surface area (Å²) in [5, 5.41) is 22.8. The highest BCUT2D eigenvalue weighted by atomic mass is 16.6. The van der Waals surface area contributed by atoms with E-state index in [-0.39, 0.29) is 36.8 Å². The van der Waals surface area contributed by atoms with E-state index in [2.05, 4.69) is 0 Å². The number of hydrogen-bond acceptors (Lipinski definition) is 10. The molecule has 2 saturated heterocycles. The van der Waals surface area contributed by atoms with Gasteiger partial charge >= 0.3 is 5.97 Å². The van der Waals surface area contributed by atoms with E-state index < -0.39 is 27.2 Å². The lowest BCUT2D eigenvalue weighted by molar-refractivity contribution is -0.393. The summed E-state index contributed by atoms with van der Waals surface area (Å²) in [6, 6.07) is 1.81. The molecule has 2 heterocycles. The summed E-state index contributed by atoms with van der Waals surface area (Å²) in [4.78, 5) is 51.3. The van der Waals surface area contributed by atoms with Gasteiger partial charge in [0.25, 0.3) is 11.4 Å². The minimum atomic E-state index is -0.910. The number of ether oxygens (including phenoxy) is 2. The Hall–Kier alpha value is -3.32. The second-order valence-corrected chi connectivity index (χ2v) is 7.12. The second kappa shape index (κ2) is 9.66. The summed E-state index contributed by atoms with van der Waals surface area (Å²) in [5.41, 5.74) is -1.42. The van der Waals surface area contributed by atoms with Gasteiger partial charge in [-0.1, -0.05) is 0 Å². The molecule has 0 aliphatic carbocycles. The van der Waals surface area contributed by atoms with Crippen molar-refractivity contribution in [2.24, 2.45) is 0 Å². The number of esters is 1. The first-order valence-electron chi connectivity index (χ1n) is 9.69. The van der Waals surface area contributed by atoms with E-state index in [1.807, 2.05) is 4.90 Å². The van der Waals surface area contributed by atoms with Crippen molar-refractivity contribution < 1.29 is 28.9 Å². The van der Waals surface area contributed by atoms with Crippen molar-refractivity contribution >= 4 is 28.9 Å². The quantitative estimate of drug-likeness (QED) is 0.345. The average molecular weight is 437 g/mol. The minimum Gasteiger partial charge on any atom is -0.465 e. The largest absolute Gasteiger partial charge is 0.465 e. The molecule has 13 heteroatoms. The molecule has 1 aromatic carbocycles. The number of nitro groups is 2. The first-order valence-corrected chi connectivity index (χ1v) is 9.69. The number of nitro benzene ring substituents is 2. The van der Waals surface area contributed by atoms with E-state index in [1.165, 1.54) is 0 Å². The summed E-state index contributed by atoms with van der Waals surface area (Å²) in [5.74, 6) is -0.958. The Balaban J connectivity index is 1.79. The molecule has 13 nitrogen and oxygen atoms in total. The molecule has 168 valence electrons. The summed E-state index contributed by atoms with van der Waals surface area (Å²) in [6.07, 6.45) is 0. The zero-order valence-electron chi connectivity index (χ0n) is 17.0. The van der Waals surface area contributed by atoms with Gasteiger partial charge in [0, 0.05) is 45.3 Å². The number of benzene rings is 1. The molecule has 2 fully saturated rings. The number of nitrogens with zero attached hydrogens (tertiary/aromatic N) is 5. The Morgan fingerprint density at radius 3 is 2.23 bits per heavy atom. The number of methoxy groups -OCH3 is 1. The van der Waals surface area contributed by atoms with Crippen LogP contribution in [0.5, 0.6) is 0 Å². The number of morpholine rings is 1. The van der Waals surface area contributed by atoms with Gasteiger partial charge in [0.05, 0.1) is 48.3 Å². The third-order valence-electron chi connectivity index (χ3n) is 5.30. The zero-order chi connectivity index (χ0) is 22.5. The molecule has 31 heavy (non-hydrogen) atoms. The maximum atomic E-state index is 12.6. The summed E-state index contributed by atoms with van der Waals surface area (Å²) in [7, 11) is 1.10. The number of hydrogen-bond donors (Lipinski definition) is 0. The third-order valence-corrected chi connectivity index (χ3v) is 5.30. The van der Waals surface area contributed by atoms with Crippen molar-refractivity contribution in [1.82, 2.24) is 9.80 Å². The van der Waals surface area contributed by atoms with Crippen LogP contribution in [-0.2, 0) is 14.3 Å². The molecule has 1 amide bonds. The molecular formula is C18H23N5O8. The molecule has 3 rings (SSSR count). The molecule has 0 radical (unpaired) electrons. The monoisotopic (exact) mass is 437 g/mol. The van der Waals surface area contributed by atoms with E-state index in [9.17, 15) is 29.8 Å². The number of amides is 1. The predicted octanol–water partition coefficient (Wildman–Crippen LogP) is 0.270. The lowest BCUT2D eigenvalue weighted by Crippen LogP contribution is -2.52. The Labute approximate surface area is 177 Å². The SMILES string of the molecule is COC(=O)c1cc([N+](=O)[O-])cc([N+](=O)[O-])c1N1CCN(C(=O)CN2CCOCC2)CC1. The number of rotatable bonds is 6. The van der Waals surface area contributed by atoms with Gasteiger partial charge in [0.1, 0.15) is 5.69 Å². The summed E-state index contributed by atoms with van der Waals surface area (Å²) >= 11 is 0. The van der Waals surface area contributed by atoms with E-state index in [1.54, 1.807) is 9.80 Å². The predicted molar refractivity (Wildman–Crippen MR) is 107 cm³/mol. The lowest BCUT2D eigenvalue weighted by atomic mass is 10.1. The van der Waals surface area contributed by atoms with Crippen LogP contribution < -0.4 is 4.90 Å². The number of non-ortho nitro benzene ring substituents is 1. The number of carbonyl (C=O) groups is 2. The van der Waals surface area contributed by atoms with Crippen LogP contribution in [-0.4, -0.2) is 97.7 Å². The topological polar surface area (TPSA) is 149 Å². The molecule has 0 aromatic heterocycles. The van der Waals surface area contributed by atoms with Crippen LogP contribution in [0.3, 0.4) is 0 Å². The van der Waals surface area contributed by atoms with Gasteiger partial charge in [-0.25, -0.2) is 4.79 Å². The fourth-order valence-electron chi connectivity index (χ4n) is 3.68. The lowest BCUT2D eigenvalue weighted by Gasteiger charge is -2.37. The van der Waals surface area contributed by atoms with Crippen LogP contribution in [0, 0.1) is 20.2 Å². The first kappa shape index (κ1) is 22.4. The fourth-order valence-corrected chi connectivity index (χ4v) is 3.68. The minimum absolute atomic E-state index is 0.0391. The second-order valence-electron chi connectivity index (χ2n) is 7.12. The number of piperazine rings is 1.